The molecule has 1 aromatic heterocycles. The van der Waals surface area contributed by atoms with Crippen LogP contribution in [0.15, 0.2) is 48.5 Å². The Morgan fingerprint density at radius 3 is 2.52 bits per heavy atom. The highest BCUT2D eigenvalue weighted by Crippen LogP contribution is 2.24. The number of aromatic nitrogens is 2. The van der Waals surface area contributed by atoms with Gasteiger partial charge in [0.15, 0.2) is 5.78 Å². The van der Waals surface area contributed by atoms with Crippen LogP contribution in [0.3, 0.4) is 0 Å². The zero-order valence-corrected chi connectivity index (χ0v) is 13.0. The van der Waals surface area contributed by atoms with Gasteiger partial charge in [-0.2, -0.15) is 0 Å². The maximum Gasteiger partial charge on any atom is 0.203 e. The van der Waals surface area contributed by atoms with Gasteiger partial charge in [-0.1, -0.05) is 36.4 Å². The zero-order valence-electron chi connectivity index (χ0n) is 13.0. The van der Waals surface area contributed by atoms with Crippen molar-refractivity contribution in [3.8, 4) is 0 Å². The van der Waals surface area contributed by atoms with E-state index < -0.39 is 0 Å². The maximum atomic E-state index is 12.8. The summed E-state index contributed by atoms with van der Waals surface area (Å²) in [4.78, 5) is 23.2. The quantitative estimate of drug-likeness (QED) is 0.749. The number of nitrogens with one attached hydrogen (secondary N) is 1. The number of carbonyl (C=O) groups excluding carboxylic acids is 1. The Morgan fingerprint density at radius 2 is 1.74 bits per heavy atom. The minimum Gasteiger partial charge on any atom is -0.342 e. The first-order valence-electron chi connectivity index (χ1n) is 8.16. The van der Waals surface area contributed by atoms with Crippen LogP contribution < -0.4 is 4.90 Å². The first kappa shape index (κ1) is 14.0. The number of aromatic amines is 1. The molecule has 1 aliphatic heterocycles. The second kappa shape index (κ2) is 5.88. The van der Waals surface area contributed by atoms with Gasteiger partial charge >= 0.3 is 0 Å². The van der Waals surface area contributed by atoms with Crippen LogP contribution in [-0.4, -0.2) is 28.8 Å². The lowest BCUT2D eigenvalue weighted by Crippen LogP contribution is -2.30. The summed E-state index contributed by atoms with van der Waals surface area (Å²) in [5.41, 5.74) is 3.05. The molecular formula is C19H19N3O. The summed E-state index contributed by atoms with van der Waals surface area (Å²) in [5, 5.41) is 0. The summed E-state index contributed by atoms with van der Waals surface area (Å²) in [6.07, 6.45) is 3.69. The van der Waals surface area contributed by atoms with Gasteiger partial charge in [0, 0.05) is 18.7 Å². The number of para-hydroxylation sites is 1. The molecule has 4 heteroatoms. The van der Waals surface area contributed by atoms with E-state index in [0.29, 0.717) is 11.1 Å². The first-order chi connectivity index (χ1) is 11.3. The van der Waals surface area contributed by atoms with Gasteiger partial charge in [-0.05, 0) is 31.4 Å². The lowest BCUT2D eigenvalue weighted by atomic mass is 10.0. The van der Waals surface area contributed by atoms with E-state index in [2.05, 4.69) is 9.88 Å². The highest BCUT2D eigenvalue weighted by atomic mass is 16.1. The van der Waals surface area contributed by atoms with Crippen molar-refractivity contribution in [2.45, 2.75) is 19.3 Å². The van der Waals surface area contributed by atoms with Crippen molar-refractivity contribution in [2.24, 2.45) is 0 Å². The third kappa shape index (κ3) is 2.61. The predicted molar refractivity (Wildman–Crippen MR) is 92.0 cm³/mol. The third-order valence-electron chi connectivity index (χ3n) is 4.44. The maximum absolute atomic E-state index is 12.8. The molecule has 0 spiro atoms. The second-order valence-electron chi connectivity index (χ2n) is 6.01. The summed E-state index contributed by atoms with van der Waals surface area (Å²) in [6.45, 7) is 2.06. The van der Waals surface area contributed by atoms with Crippen LogP contribution in [0.1, 0.15) is 35.2 Å². The number of piperidine rings is 1. The number of H-pyrrole nitrogens is 1. The van der Waals surface area contributed by atoms with Gasteiger partial charge in [0.25, 0.3) is 0 Å². The van der Waals surface area contributed by atoms with E-state index in [-0.39, 0.29) is 5.78 Å². The molecule has 1 aliphatic rings. The van der Waals surface area contributed by atoms with Gasteiger partial charge in [-0.15, -0.1) is 0 Å². The van der Waals surface area contributed by atoms with E-state index >= 15 is 0 Å². The van der Waals surface area contributed by atoms with Crippen LogP contribution in [0.4, 0.5) is 5.95 Å². The van der Waals surface area contributed by atoms with Crippen molar-refractivity contribution >= 4 is 22.8 Å². The fourth-order valence-electron chi connectivity index (χ4n) is 3.20. The molecule has 1 N–H and O–H groups in total. The Kier molecular flexibility index (Phi) is 3.58. The molecule has 1 saturated heterocycles. The second-order valence-corrected chi connectivity index (χ2v) is 6.01. The number of benzene rings is 2. The predicted octanol–water partition coefficient (Wildman–Crippen LogP) is 3.78. The molecule has 0 amide bonds. The van der Waals surface area contributed by atoms with Crippen LogP contribution in [0.5, 0.6) is 0 Å². The smallest absolute Gasteiger partial charge is 0.203 e. The van der Waals surface area contributed by atoms with Gasteiger partial charge in [0.1, 0.15) is 5.52 Å². The molecule has 0 unspecified atom stereocenters. The number of fused-ring (bicyclic) bond motifs is 1. The Balaban J connectivity index is 1.75. The number of hydrogen-bond acceptors (Lipinski definition) is 3. The van der Waals surface area contributed by atoms with Crippen molar-refractivity contribution in [1.82, 2.24) is 9.97 Å². The number of imidazole rings is 1. The number of nitrogens with zero attached hydrogens (tertiary/aromatic N) is 2. The lowest BCUT2D eigenvalue weighted by molar-refractivity contribution is 0.104. The topological polar surface area (TPSA) is 49.0 Å². The molecule has 2 aromatic carbocycles. The van der Waals surface area contributed by atoms with E-state index in [1.807, 2.05) is 48.5 Å². The summed E-state index contributed by atoms with van der Waals surface area (Å²) in [5.74, 6) is 0.904. The lowest BCUT2D eigenvalue weighted by Gasteiger charge is -2.25. The van der Waals surface area contributed by atoms with Crippen LogP contribution in [0, 0.1) is 0 Å². The molecule has 0 saturated carbocycles. The normalized spacial score (nSPS) is 15.0. The highest BCUT2D eigenvalue weighted by Gasteiger charge is 2.18. The molecular weight excluding hydrogens is 286 g/mol. The monoisotopic (exact) mass is 305 g/mol. The molecule has 1 fully saturated rings. The first-order valence-corrected chi connectivity index (χ1v) is 8.16. The van der Waals surface area contributed by atoms with Crippen molar-refractivity contribution in [1.29, 1.82) is 0 Å². The van der Waals surface area contributed by atoms with Crippen LogP contribution >= 0.6 is 0 Å². The molecule has 23 heavy (non-hydrogen) atoms. The molecule has 0 atom stereocenters. The molecule has 2 heterocycles. The minimum absolute atomic E-state index is 0.0212. The van der Waals surface area contributed by atoms with E-state index in [1.54, 1.807) is 0 Å². The minimum atomic E-state index is 0.0212. The van der Waals surface area contributed by atoms with Gasteiger partial charge < -0.3 is 9.88 Å². The van der Waals surface area contributed by atoms with E-state index in [9.17, 15) is 4.79 Å². The Morgan fingerprint density at radius 1 is 0.957 bits per heavy atom. The Labute approximate surface area is 135 Å². The van der Waals surface area contributed by atoms with Crippen molar-refractivity contribution in [3.05, 3.63) is 59.7 Å². The molecule has 116 valence electrons. The highest BCUT2D eigenvalue weighted by molar-refractivity contribution is 6.15. The number of carbonyl (C=O) groups is 1. The van der Waals surface area contributed by atoms with Gasteiger partial charge in [-0.3, -0.25) is 4.79 Å². The number of hydrogen-bond donors (Lipinski definition) is 1. The molecule has 4 nitrogen and oxygen atoms in total. The molecule has 0 bridgehead atoms. The zero-order chi connectivity index (χ0) is 15.6. The number of rotatable bonds is 3. The van der Waals surface area contributed by atoms with Crippen molar-refractivity contribution in [2.75, 3.05) is 18.0 Å². The van der Waals surface area contributed by atoms with E-state index in [1.165, 1.54) is 19.3 Å². The summed E-state index contributed by atoms with van der Waals surface area (Å²) >= 11 is 0. The van der Waals surface area contributed by atoms with E-state index in [4.69, 9.17) is 4.98 Å². The molecule has 0 aliphatic carbocycles. The summed E-state index contributed by atoms with van der Waals surface area (Å²) in [7, 11) is 0. The third-order valence-corrected chi connectivity index (χ3v) is 4.44. The van der Waals surface area contributed by atoms with Crippen molar-refractivity contribution in [3.63, 3.8) is 0 Å². The van der Waals surface area contributed by atoms with Gasteiger partial charge in [0.2, 0.25) is 5.95 Å². The molecule has 3 aromatic rings. The van der Waals surface area contributed by atoms with Gasteiger partial charge in [0.05, 0.1) is 11.1 Å². The number of anilines is 1. The summed E-state index contributed by atoms with van der Waals surface area (Å²) < 4.78 is 0. The van der Waals surface area contributed by atoms with Crippen LogP contribution in [0.25, 0.3) is 11.0 Å². The number of ketones is 1. The fourth-order valence-corrected chi connectivity index (χ4v) is 3.20. The van der Waals surface area contributed by atoms with Crippen molar-refractivity contribution < 1.29 is 4.79 Å². The summed E-state index contributed by atoms with van der Waals surface area (Å²) in [6, 6.07) is 15.1. The average molecular weight is 305 g/mol. The molecule has 4 rings (SSSR count). The van der Waals surface area contributed by atoms with E-state index in [0.717, 1.165) is 30.1 Å². The standard InChI is InChI=1S/C19H19N3O/c23-18(14-8-3-1-4-9-14)15-10-7-11-16-17(15)21-19(20-16)22-12-5-2-6-13-22/h1,3-4,7-11H,2,5-6,12-13H2,(H,20,21). The Bertz CT molecular complexity index is 832. The fraction of sp³-hybridized carbons (Fsp3) is 0.263. The average Bonchev–Trinajstić information content (AvgIpc) is 3.07. The van der Waals surface area contributed by atoms with Crippen LogP contribution in [-0.2, 0) is 0 Å². The van der Waals surface area contributed by atoms with Crippen LogP contribution in [0.2, 0.25) is 0 Å². The largest absolute Gasteiger partial charge is 0.342 e. The SMILES string of the molecule is O=C(c1ccccc1)c1cccc2[nH]c(N3CCCCC3)nc12. The van der Waals surface area contributed by atoms with Gasteiger partial charge in [-0.25, -0.2) is 4.98 Å². The molecule has 0 radical (unpaired) electrons. The Hall–Kier alpha value is -2.62.